The van der Waals surface area contributed by atoms with Crippen molar-refractivity contribution in [1.29, 1.82) is 0 Å². The monoisotopic (exact) mass is 911 g/mol. The summed E-state index contributed by atoms with van der Waals surface area (Å²) in [6.07, 6.45) is 6.37. The first-order valence-electron chi connectivity index (χ1n) is 24.0. The molecule has 0 spiro atoms. The smallest absolute Gasteiger partial charge is 0.159 e. The van der Waals surface area contributed by atoms with Gasteiger partial charge in [0.05, 0.1) is 5.69 Å². The Kier molecular flexibility index (Phi) is 10.2. The largest absolute Gasteiger partial charge is 0.456 e. The zero-order chi connectivity index (χ0) is 47.4. The molecular weight excluding hydrogens is 867 g/mol. The van der Waals surface area contributed by atoms with E-state index < -0.39 is 0 Å². The van der Waals surface area contributed by atoms with Gasteiger partial charge in [-0.2, -0.15) is 0 Å². The topological polar surface area (TPSA) is 42.7 Å². The van der Waals surface area contributed by atoms with E-state index in [4.69, 9.17) is 13.3 Å². The van der Waals surface area contributed by atoms with Gasteiger partial charge in [0.1, 0.15) is 27.9 Å². The predicted molar refractivity (Wildman–Crippen MR) is 297 cm³/mol. The molecule has 13 rings (SSSR count). The highest BCUT2D eigenvalue weighted by Crippen LogP contribution is 2.48. The summed E-state index contributed by atoms with van der Waals surface area (Å²) in [4.78, 5) is 2.29. The predicted octanol–water partition coefficient (Wildman–Crippen LogP) is 19.4. The van der Waals surface area contributed by atoms with E-state index in [9.17, 15) is 0 Å². The van der Waals surface area contributed by atoms with Crippen LogP contribution in [0.4, 0.5) is 11.4 Å². The molecule has 71 heavy (non-hydrogen) atoms. The van der Waals surface area contributed by atoms with Crippen LogP contribution in [0.15, 0.2) is 268 Å². The number of para-hydroxylation sites is 4. The number of anilines is 2. The lowest BCUT2D eigenvalue weighted by atomic mass is 9.84. The van der Waals surface area contributed by atoms with Crippen LogP contribution < -0.4 is 4.90 Å². The van der Waals surface area contributed by atoms with Crippen LogP contribution >= 0.6 is 0 Å². The van der Waals surface area contributed by atoms with Gasteiger partial charge in [0.2, 0.25) is 0 Å². The van der Waals surface area contributed by atoms with Gasteiger partial charge in [0.25, 0.3) is 0 Å². The minimum Gasteiger partial charge on any atom is -0.456 e. The van der Waals surface area contributed by atoms with Gasteiger partial charge in [-0.3, -0.25) is 0 Å². The number of rotatable bonds is 10. The van der Waals surface area contributed by atoms with Crippen molar-refractivity contribution in [2.45, 2.75) is 6.92 Å². The first-order valence-corrected chi connectivity index (χ1v) is 24.0. The highest BCUT2D eigenvalue weighted by Gasteiger charge is 2.24. The quantitative estimate of drug-likeness (QED) is 0.128. The Balaban J connectivity index is 1.03. The van der Waals surface area contributed by atoms with Gasteiger partial charge in [0, 0.05) is 54.8 Å². The summed E-state index contributed by atoms with van der Waals surface area (Å²) >= 11 is 0. The molecule has 10 aromatic carbocycles. The zero-order valence-electron chi connectivity index (χ0n) is 39.0. The van der Waals surface area contributed by atoms with E-state index >= 15 is 0 Å². The molecule has 4 heteroatoms. The van der Waals surface area contributed by atoms with Crippen molar-refractivity contribution < 1.29 is 13.3 Å². The molecule has 336 valence electrons. The molecule has 4 nitrogen and oxygen atoms in total. The molecule has 0 saturated carbocycles. The third-order valence-corrected chi connectivity index (χ3v) is 13.9. The van der Waals surface area contributed by atoms with Crippen LogP contribution in [0, 0.1) is 0 Å². The molecular formula is C67H45NO3. The molecule has 0 aliphatic heterocycles. The number of benzene rings is 10. The number of nitrogens with zero attached hydrogens (tertiary/aromatic N) is 1. The molecule has 0 radical (unpaired) electrons. The van der Waals surface area contributed by atoms with Crippen LogP contribution in [0.1, 0.15) is 12.5 Å². The number of allylic oxidation sites excluding steroid dienone is 5. The fourth-order valence-electron chi connectivity index (χ4n) is 10.6. The fraction of sp³-hybridized carbons (Fsp3) is 0.0149. The van der Waals surface area contributed by atoms with Crippen LogP contribution in [0.25, 0.3) is 116 Å². The Labute approximate surface area is 410 Å². The van der Waals surface area contributed by atoms with Gasteiger partial charge in [-0.1, -0.05) is 183 Å². The number of furan rings is 3. The lowest BCUT2D eigenvalue weighted by Gasteiger charge is -2.26. The van der Waals surface area contributed by atoms with E-state index in [1.54, 1.807) is 0 Å². The standard InChI is InChI=1S/C67H45NO3/c1-3-44(30-29-43(2)68(50-37-35-48(36-38-50)46-19-8-5-9-20-46)57-25-16-24-54-51-21-10-13-26-58(51)71-67(54)57)63-52(39-41-61-65(63)55-22-11-14-27-59(55)69-61)53-40-42-62-66(56-23-12-15-28-60(56)70-62)64(53)49-33-31-47(32-34-49)45-17-6-4-7-18-45/h3-42H,1H2,2H3/b43-29+,44-30+. The Morgan fingerprint density at radius 2 is 0.887 bits per heavy atom. The Morgan fingerprint density at radius 3 is 1.52 bits per heavy atom. The summed E-state index contributed by atoms with van der Waals surface area (Å²) in [5.41, 5.74) is 18.9. The average molecular weight is 912 g/mol. The highest BCUT2D eigenvalue weighted by molar-refractivity contribution is 6.19. The van der Waals surface area contributed by atoms with Crippen molar-refractivity contribution in [2.24, 2.45) is 0 Å². The van der Waals surface area contributed by atoms with Crippen molar-refractivity contribution in [3.05, 3.63) is 261 Å². The maximum absolute atomic E-state index is 6.70. The van der Waals surface area contributed by atoms with Crippen molar-refractivity contribution in [2.75, 3.05) is 4.90 Å². The zero-order valence-corrected chi connectivity index (χ0v) is 39.0. The number of hydrogen-bond donors (Lipinski definition) is 0. The highest BCUT2D eigenvalue weighted by atomic mass is 16.3. The van der Waals surface area contributed by atoms with E-state index in [2.05, 4.69) is 225 Å². The Morgan fingerprint density at radius 1 is 0.394 bits per heavy atom. The molecule has 0 aliphatic rings. The summed E-state index contributed by atoms with van der Waals surface area (Å²) in [7, 11) is 0. The molecule has 0 aliphatic carbocycles. The second-order valence-electron chi connectivity index (χ2n) is 18.0. The minimum atomic E-state index is 0.804. The van der Waals surface area contributed by atoms with E-state index in [1.807, 2.05) is 36.4 Å². The van der Waals surface area contributed by atoms with Crippen LogP contribution in [-0.4, -0.2) is 0 Å². The molecule has 3 aromatic heterocycles. The molecule has 0 N–H and O–H groups in total. The summed E-state index contributed by atoms with van der Waals surface area (Å²) < 4.78 is 19.9. The number of hydrogen-bond acceptors (Lipinski definition) is 4. The first-order chi connectivity index (χ1) is 35.1. The maximum atomic E-state index is 6.70. The van der Waals surface area contributed by atoms with E-state index in [0.29, 0.717) is 0 Å². The molecule has 0 fully saturated rings. The van der Waals surface area contributed by atoms with Crippen LogP contribution in [0.3, 0.4) is 0 Å². The van der Waals surface area contributed by atoms with Crippen molar-refractivity contribution >= 4 is 82.8 Å². The second-order valence-corrected chi connectivity index (χ2v) is 18.0. The van der Waals surface area contributed by atoms with Gasteiger partial charge >= 0.3 is 0 Å². The lowest BCUT2D eigenvalue weighted by Crippen LogP contribution is -2.14. The van der Waals surface area contributed by atoms with E-state index in [-0.39, 0.29) is 0 Å². The fourth-order valence-corrected chi connectivity index (χ4v) is 10.6. The minimum absolute atomic E-state index is 0.804. The molecule has 0 atom stereocenters. The van der Waals surface area contributed by atoms with Crippen molar-refractivity contribution in [3.8, 4) is 44.5 Å². The van der Waals surface area contributed by atoms with Gasteiger partial charge in [-0.25, -0.2) is 0 Å². The third kappa shape index (κ3) is 7.16. The van der Waals surface area contributed by atoms with E-state index in [0.717, 1.165) is 127 Å². The van der Waals surface area contributed by atoms with Gasteiger partial charge in [-0.05, 0) is 118 Å². The Hall–Kier alpha value is -9.38. The first kappa shape index (κ1) is 41.8. The lowest BCUT2D eigenvalue weighted by molar-refractivity contribution is 0.668. The maximum Gasteiger partial charge on any atom is 0.159 e. The summed E-state index contributed by atoms with van der Waals surface area (Å²) in [5, 5.41) is 6.35. The van der Waals surface area contributed by atoms with Crippen molar-refractivity contribution in [3.63, 3.8) is 0 Å². The SMILES string of the molecule is C=C/C(=C\C=C(/C)N(c1ccc(-c2ccccc2)cc1)c1cccc2c1oc1ccccc12)c1c(-c2ccc3oc4ccccc4c3c2-c2ccc(-c3ccccc3)cc2)ccc2oc3ccccc3c12. The van der Waals surface area contributed by atoms with Gasteiger partial charge < -0.3 is 18.2 Å². The molecule has 0 amide bonds. The van der Waals surface area contributed by atoms with Crippen LogP contribution in [-0.2, 0) is 0 Å². The van der Waals surface area contributed by atoms with Crippen LogP contribution in [0.5, 0.6) is 0 Å². The van der Waals surface area contributed by atoms with Gasteiger partial charge in [-0.15, -0.1) is 0 Å². The normalized spacial score (nSPS) is 12.2. The summed E-state index contributed by atoms with van der Waals surface area (Å²) in [6, 6.07) is 78.7. The second kappa shape index (κ2) is 17.3. The average Bonchev–Trinajstić information content (AvgIpc) is 4.14. The Bertz CT molecular complexity index is 4220. The molecule has 0 saturated heterocycles. The number of fused-ring (bicyclic) bond motifs is 9. The van der Waals surface area contributed by atoms with Crippen molar-refractivity contribution in [1.82, 2.24) is 0 Å². The third-order valence-electron chi connectivity index (χ3n) is 13.9. The molecule has 3 heterocycles. The van der Waals surface area contributed by atoms with E-state index in [1.165, 1.54) is 11.1 Å². The molecule has 0 bridgehead atoms. The van der Waals surface area contributed by atoms with Crippen LogP contribution in [0.2, 0.25) is 0 Å². The summed E-state index contributed by atoms with van der Waals surface area (Å²) in [6.45, 7) is 6.68. The van der Waals surface area contributed by atoms with Gasteiger partial charge in [0.15, 0.2) is 5.58 Å². The molecule has 13 aromatic rings. The molecule has 0 unspecified atom stereocenters. The summed E-state index contributed by atoms with van der Waals surface area (Å²) in [5.74, 6) is 0.